The average Bonchev–Trinajstić information content (AvgIpc) is 2.62. The number of hydrogen-bond donors (Lipinski definition) is 1. The van der Waals surface area contributed by atoms with Gasteiger partial charge in [0.05, 0.1) is 5.57 Å². The summed E-state index contributed by atoms with van der Waals surface area (Å²) in [6.45, 7) is 10.6. The van der Waals surface area contributed by atoms with Gasteiger partial charge in [-0.05, 0) is 88.1 Å². The van der Waals surface area contributed by atoms with Crippen molar-refractivity contribution in [2.45, 2.75) is 59.2 Å². The number of Topliss-reactive ketones (excluding diaryl/α,β-unsaturated/α-hetero) is 1. The lowest BCUT2D eigenvalue weighted by Gasteiger charge is -2.40. The Morgan fingerprint density at radius 1 is 1.07 bits per heavy atom. The van der Waals surface area contributed by atoms with Gasteiger partial charge in [0.15, 0.2) is 5.78 Å². The van der Waals surface area contributed by atoms with Gasteiger partial charge >= 0.3 is 0 Å². The third-order valence-corrected chi connectivity index (χ3v) is 5.19. The zero-order valence-electron chi connectivity index (χ0n) is 17.7. The molecule has 0 fully saturated rings. The highest BCUT2D eigenvalue weighted by atomic mass is 19.1. The van der Waals surface area contributed by atoms with Crippen LogP contribution in [0.1, 0.15) is 51.3 Å². The Bertz CT molecular complexity index is 1000. The first-order valence-corrected chi connectivity index (χ1v) is 9.72. The summed E-state index contributed by atoms with van der Waals surface area (Å²) in [7, 11) is 0. The molecule has 2 aromatic rings. The minimum absolute atomic E-state index is 0.0911. The Balaban J connectivity index is 2.13. The molecule has 5 heteroatoms. The molecule has 0 aliphatic carbocycles. The molecule has 2 aromatic carbocycles. The van der Waals surface area contributed by atoms with Crippen molar-refractivity contribution in [3.63, 3.8) is 0 Å². The van der Waals surface area contributed by atoms with Crippen LogP contribution in [0.25, 0.3) is 5.57 Å². The lowest BCUT2D eigenvalue weighted by atomic mass is 9.81. The van der Waals surface area contributed by atoms with Gasteiger partial charge < -0.3 is 14.6 Å². The molecule has 1 heterocycles. The second-order valence-corrected chi connectivity index (χ2v) is 8.36. The van der Waals surface area contributed by atoms with Crippen molar-refractivity contribution < 1.29 is 23.8 Å². The number of ether oxygens (including phenoxy) is 2. The van der Waals surface area contributed by atoms with E-state index >= 15 is 0 Å². The van der Waals surface area contributed by atoms with Crippen LogP contribution in [-0.4, -0.2) is 22.1 Å². The number of hydrogen-bond acceptors (Lipinski definition) is 4. The summed E-state index contributed by atoms with van der Waals surface area (Å²) in [5.74, 6) is 0.330. The molecular weight excluding hydrogens is 371 g/mol. The number of aliphatic hydroxyl groups is 1. The van der Waals surface area contributed by atoms with Crippen LogP contribution < -0.4 is 4.74 Å². The van der Waals surface area contributed by atoms with E-state index in [0.717, 1.165) is 5.56 Å². The SMILES string of the molecule is CCc1ccc(Oc2ccc(F)cc2C)cc1C1=C(O)C(C)(C)OC(C)(C)C1=O. The molecule has 1 aliphatic heterocycles. The van der Waals surface area contributed by atoms with Gasteiger partial charge in [0.2, 0.25) is 0 Å². The van der Waals surface area contributed by atoms with Crippen LogP contribution >= 0.6 is 0 Å². The largest absolute Gasteiger partial charge is 0.508 e. The molecular formula is C24H27FO4. The highest BCUT2D eigenvalue weighted by molar-refractivity contribution is 6.26. The minimum Gasteiger partial charge on any atom is -0.508 e. The number of rotatable bonds is 4. The van der Waals surface area contributed by atoms with Crippen LogP contribution in [0.3, 0.4) is 0 Å². The van der Waals surface area contributed by atoms with Crippen LogP contribution in [0.2, 0.25) is 0 Å². The number of ketones is 1. The normalized spacial score (nSPS) is 18.1. The number of halogens is 1. The predicted octanol–water partition coefficient (Wildman–Crippen LogP) is 5.91. The summed E-state index contributed by atoms with van der Waals surface area (Å²) >= 11 is 0. The first-order valence-electron chi connectivity index (χ1n) is 9.72. The monoisotopic (exact) mass is 398 g/mol. The fourth-order valence-electron chi connectivity index (χ4n) is 3.71. The maximum Gasteiger partial charge on any atom is 0.198 e. The molecule has 0 aromatic heterocycles. The van der Waals surface area contributed by atoms with Crippen molar-refractivity contribution in [1.29, 1.82) is 0 Å². The molecule has 154 valence electrons. The summed E-state index contributed by atoms with van der Waals surface area (Å²) in [4.78, 5) is 13.1. The van der Waals surface area contributed by atoms with E-state index in [-0.39, 0.29) is 22.9 Å². The molecule has 1 aliphatic rings. The van der Waals surface area contributed by atoms with E-state index in [1.807, 2.05) is 19.1 Å². The van der Waals surface area contributed by atoms with E-state index in [1.54, 1.807) is 46.8 Å². The summed E-state index contributed by atoms with van der Waals surface area (Å²) in [5, 5.41) is 10.9. The van der Waals surface area contributed by atoms with Gasteiger partial charge in [-0.3, -0.25) is 4.79 Å². The van der Waals surface area contributed by atoms with E-state index in [4.69, 9.17) is 9.47 Å². The van der Waals surface area contributed by atoms with E-state index in [1.165, 1.54) is 12.1 Å². The van der Waals surface area contributed by atoms with Gasteiger partial charge in [0.25, 0.3) is 0 Å². The van der Waals surface area contributed by atoms with Crippen LogP contribution in [0, 0.1) is 12.7 Å². The second kappa shape index (κ2) is 7.30. The Morgan fingerprint density at radius 2 is 1.76 bits per heavy atom. The van der Waals surface area contributed by atoms with Gasteiger partial charge in [-0.25, -0.2) is 4.39 Å². The number of benzene rings is 2. The zero-order chi connectivity index (χ0) is 21.6. The van der Waals surface area contributed by atoms with Crippen molar-refractivity contribution in [2.75, 3.05) is 0 Å². The van der Waals surface area contributed by atoms with Crippen molar-refractivity contribution in [1.82, 2.24) is 0 Å². The summed E-state index contributed by atoms with van der Waals surface area (Å²) in [6, 6.07) is 9.75. The third-order valence-electron chi connectivity index (χ3n) is 5.19. The molecule has 4 nitrogen and oxygen atoms in total. The van der Waals surface area contributed by atoms with Crippen LogP contribution in [-0.2, 0) is 16.0 Å². The average molecular weight is 398 g/mol. The molecule has 0 unspecified atom stereocenters. The van der Waals surface area contributed by atoms with Gasteiger partial charge in [0, 0.05) is 0 Å². The smallest absolute Gasteiger partial charge is 0.198 e. The zero-order valence-corrected chi connectivity index (χ0v) is 17.7. The molecule has 0 atom stereocenters. The fraction of sp³-hybridized carbons (Fsp3) is 0.375. The number of carbonyl (C=O) groups excluding carboxylic acids is 1. The quantitative estimate of drug-likeness (QED) is 0.695. The van der Waals surface area contributed by atoms with E-state index in [0.29, 0.717) is 29.0 Å². The van der Waals surface area contributed by atoms with Crippen molar-refractivity contribution >= 4 is 11.4 Å². The van der Waals surface area contributed by atoms with Crippen molar-refractivity contribution in [3.8, 4) is 11.5 Å². The van der Waals surface area contributed by atoms with Crippen LogP contribution in [0.4, 0.5) is 4.39 Å². The van der Waals surface area contributed by atoms with Crippen LogP contribution in [0.15, 0.2) is 42.2 Å². The molecule has 0 spiro atoms. The summed E-state index contributed by atoms with van der Waals surface area (Å²) in [6.07, 6.45) is 0.678. The van der Waals surface area contributed by atoms with E-state index < -0.39 is 11.2 Å². The molecule has 1 N–H and O–H groups in total. The summed E-state index contributed by atoms with van der Waals surface area (Å²) < 4.78 is 25.2. The fourth-order valence-corrected chi connectivity index (χ4v) is 3.71. The lowest BCUT2D eigenvalue weighted by Crippen LogP contribution is -2.49. The molecule has 0 amide bonds. The maximum atomic E-state index is 13.4. The molecule has 0 bridgehead atoms. The Hall–Kier alpha value is -2.66. The molecule has 29 heavy (non-hydrogen) atoms. The van der Waals surface area contributed by atoms with Gasteiger partial charge in [-0.1, -0.05) is 13.0 Å². The Morgan fingerprint density at radius 3 is 2.38 bits per heavy atom. The van der Waals surface area contributed by atoms with E-state index in [2.05, 4.69) is 0 Å². The highest BCUT2D eigenvalue weighted by Gasteiger charge is 2.47. The first-order chi connectivity index (χ1) is 13.5. The van der Waals surface area contributed by atoms with Gasteiger partial charge in [-0.2, -0.15) is 0 Å². The summed E-state index contributed by atoms with van der Waals surface area (Å²) in [5.41, 5.74) is 0.387. The Kier molecular flexibility index (Phi) is 5.30. The number of aryl methyl sites for hydroxylation is 2. The maximum absolute atomic E-state index is 13.4. The van der Waals surface area contributed by atoms with Crippen LogP contribution in [0.5, 0.6) is 11.5 Å². The lowest BCUT2D eigenvalue weighted by molar-refractivity contribution is -0.158. The second-order valence-electron chi connectivity index (χ2n) is 8.36. The first kappa shape index (κ1) is 21.1. The van der Waals surface area contributed by atoms with Crippen molar-refractivity contribution in [2.24, 2.45) is 0 Å². The third kappa shape index (κ3) is 3.92. The molecule has 0 saturated carbocycles. The van der Waals surface area contributed by atoms with E-state index in [9.17, 15) is 14.3 Å². The number of carbonyl (C=O) groups is 1. The topological polar surface area (TPSA) is 55.8 Å². The standard InChI is InChI=1S/C24H27FO4/c1-7-15-8-10-17(28-19-11-9-16(25)12-14(19)2)13-18(15)20-21(26)23(3,4)29-24(5,6)22(20)27/h8-13,26H,7H2,1-6H3. The van der Waals surface area contributed by atoms with Crippen molar-refractivity contribution in [3.05, 3.63) is 64.7 Å². The van der Waals surface area contributed by atoms with Gasteiger partial charge in [-0.15, -0.1) is 0 Å². The minimum atomic E-state index is -1.07. The molecule has 0 radical (unpaired) electrons. The molecule has 0 saturated heterocycles. The highest BCUT2D eigenvalue weighted by Crippen LogP contribution is 2.42. The van der Waals surface area contributed by atoms with Gasteiger partial charge in [0.1, 0.15) is 34.3 Å². The molecule has 3 rings (SSSR count). The Labute approximate surface area is 171 Å². The number of aliphatic hydroxyl groups excluding tert-OH is 1. The predicted molar refractivity (Wildman–Crippen MR) is 111 cm³/mol.